The highest BCUT2D eigenvalue weighted by atomic mass is 15.3. The molecule has 0 aliphatic heterocycles. The Morgan fingerprint density at radius 2 is 2.15 bits per heavy atom. The highest BCUT2D eigenvalue weighted by Crippen LogP contribution is 2.20. The van der Waals surface area contributed by atoms with Crippen LogP contribution in [0, 0.1) is 6.92 Å². The van der Waals surface area contributed by atoms with Gasteiger partial charge in [0.05, 0.1) is 0 Å². The van der Waals surface area contributed by atoms with Crippen molar-refractivity contribution in [3.63, 3.8) is 0 Å². The molecule has 2 aromatic heterocycles. The summed E-state index contributed by atoms with van der Waals surface area (Å²) >= 11 is 0. The van der Waals surface area contributed by atoms with Crippen LogP contribution in [0.3, 0.4) is 0 Å². The molecule has 108 valence electrons. The van der Waals surface area contributed by atoms with E-state index in [-0.39, 0.29) is 5.92 Å². The van der Waals surface area contributed by atoms with Gasteiger partial charge in [-0.25, -0.2) is 9.97 Å². The van der Waals surface area contributed by atoms with Crippen molar-refractivity contribution in [3.8, 4) is 0 Å². The predicted molar refractivity (Wildman–Crippen MR) is 80.6 cm³/mol. The standard InChI is InChI=1S/C14H22N6/c1-10(2)13-18-12(15)11(3)14(19-13)16-6-4-8-20-9-5-7-17-20/h5,7,9-10H,4,6,8H2,1-3H3,(H3,15,16,18,19). The third-order valence-electron chi connectivity index (χ3n) is 3.13. The molecule has 0 spiro atoms. The molecule has 2 aromatic rings. The summed E-state index contributed by atoms with van der Waals surface area (Å²) < 4.78 is 1.92. The number of hydrogen-bond acceptors (Lipinski definition) is 5. The molecule has 0 amide bonds. The van der Waals surface area contributed by atoms with Gasteiger partial charge in [-0.3, -0.25) is 4.68 Å². The zero-order chi connectivity index (χ0) is 14.5. The number of anilines is 2. The number of nitrogens with two attached hydrogens (primary N) is 1. The molecule has 0 aliphatic carbocycles. The van der Waals surface area contributed by atoms with Crippen molar-refractivity contribution in [3.05, 3.63) is 29.8 Å². The van der Waals surface area contributed by atoms with Crippen LogP contribution in [0.25, 0.3) is 0 Å². The molecule has 0 fully saturated rings. The van der Waals surface area contributed by atoms with Gasteiger partial charge in [-0.15, -0.1) is 0 Å². The topological polar surface area (TPSA) is 81.6 Å². The average molecular weight is 274 g/mol. The molecule has 0 aromatic carbocycles. The van der Waals surface area contributed by atoms with E-state index in [0.29, 0.717) is 5.82 Å². The average Bonchev–Trinajstić information content (AvgIpc) is 2.92. The van der Waals surface area contributed by atoms with Gasteiger partial charge in [0, 0.05) is 37.0 Å². The van der Waals surface area contributed by atoms with Crippen LogP contribution in [0.15, 0.2) is 18.5 Å². The Hall–Kier alpha value is -2.11. The van der Waals surface area contributed by atoms with E-state index in [1.165, 1.54) is 0 Å². The van der Waals surface area contributed by atoms with Gasteiger partial charge in [-0.1, -0.05) is 13.8 Å². The van der Waals surface area contributed by atoms with Crippen LogP contribution in [0.1, 0.15) is 37.6 Å². The molecular weight excluding hydrogens is 252 g/mol. The lowest BCUT2D eigenvalue weighted by molar-refractivity contribution is 0.591. The lowest BCUT2D eigenvalue weighted by atomic mass is 10.2. The molecule has 6 nitrogen and oxygen atoms in total. The van der Waals surface area contributed by atoms with Crippen LogP contribution in [-0.4, -0.2) is 26.3 Å². The molecule has 0 atom stereocenters. The molecule has 0 unspecified atom stereocenters. The first-order chi connectivity index (χ1) is 9.58. The monoisotopic (exact) mass is 274 g/mol. The van der Waals surface area contributed by atoms with E-state index in [0.717, 1.165) is 36.7 Å². The van der Waals surface area contributed by atoms with Crippen molar-refractivity contribution in [2.75, 3.05) is 17.6 Å². The number of nitrogen functional groups attached to an aromatic ring is 1. The van der Waals surface area contributed by atoms with E-state index in [4.69, 9.17) is 5.73 Å². The van der Waals surface area contributed by atoms with Crippen molar-refractivity contribution in [2.24, 2.45) is 0 Å². The van der Waals surface area contributed by atoms with Crippen LogP contribution < -0.4 is 11.1 Å². The minimum atomic E-state index is 0.266. The minimum Gasteiger partial charge on any atom is -0.383 e. The second kappa shape index (κ2) is 6.36. The Balaban J connectivity index is 1.94. The summed E-state index contributed by atoms with van der Waals surface area (Å²) in [6.45, 7) is 7.78. The lowest BCUT2D eigenvalue weighted by Gasteiger charge is -2.13. The van der Waals surface area contributed by atoms with Crippen molar-refractivity contribution < 1.29 is 0 Å². The van der Waals surface area contributed by atoms with Gasteiger partial charge < -0.3 is 11.1 Å². The highest BCUT2D eigenvalue weighted by Gasteiger charge is 2.10. The first-order valence-corrected chi connectivity index (χ1v) is 6.93. The maximum atomic E-state index is 5.94. The van der Waals surface area contributed by atoms with E-state index in [9.17, 15) is 0 Å². The quantitative estimate of drug-likeness (QED) is 0.789. The van der Waals surface area contributed by atoms with Crippen molar-refractivity contribution in [1.29, 1.82) is 0 Å². The highest BCUT2D eigenvalue weighted by molar-refractivity contribution is 5.54. The first kappa shape index (κ1) is 14.3. The maximum absolute atomic E-state index is 5.94. The number of aryl methyl sites for hydroxylation is 1. The number of nitrogens with one attached hydrogen (secondary N) is 1. The van der Waals surface area contributed by atoms with Crippen molar-refractivity contribution in [1.82, 2.24) is 19.7 Å². The normalized spacial score (nSPS) is 11.0. The molecule has 0 aliphatic rings. The number of hydrogen-bond donors (Lipinski definition) is 2. The molecular formula is C14H22N6. The summed E-state index contributed by atoms with van der Waals surface area (Å²) in [4.78, 5) is 8.86. The number of nitrogens with zero attached hydrogens (tertiary/aromatic N) is 4. The van der Waals surface area contributed by atoms with Gasteiger partial charge in [-0.2, -0.15) is 5.10 Å². The molecule has 2 heterocycles. The van der Waals surface area contributed by atoms with Crippen molar-refractivity contribution >= 4 is 11.6 Å². The summed E-state index contributed by atoms with van der Waals surface area (Å²) in [5.74, 6) is 2.44. The van der Waals surface area contributed by atoms with Gasteiger partial charge in [0.25, 0.3) is 0 Å². The molecule has 20 heavy (non-hydrogen) atoms. The maximum Gasteiger partial charge on any atom is 0.135 e. The third kappa shape index (κ3) is 3.46. The van der Waals surface area contributed by atoms with E-state index < -0.39 is 0 Å². The fourth-order valence-electron chi connectivity index (χ4n) is 1.86. The van der Waals surface area contributed by atoms with Crippen LogP contribution >= 0.6 is 0 Å². The van der Waals surface area contributed by atoms with Crippen molar-refractivity contribution in [2.45, 2.75) is 39.7 Å². The third-order valence-corrected chi connectivity index (χ3v) is 3.13. The summed E-state index contributed by atoms with van der Waals surface area (Å²) in [5.41, 5.74) is 6.85. The Morgan fingerprint density at radius 1 is 1.35 bits per heavy atom. The molecule has 0 saturated heterocycles. The minimum absolute atomic E-state index is 0.266. The Morgan fingerprint density at radius 3 is 2.80 bits per heavy atom. The largest absolute Gasteiger partial charge is 0.383 e. The smallest absolute Gasteiger partial charge is 0.135 e. The predicted octanol–water partition coefficient (Wildman–Crippen LogP) is 2.19. The van der Waals surface area contributed by atoms with Crippen LogP contribution in [0.4, 0.5) is 11.6 Å². The SMILES string of the molecule is Cc1c(N)nc(C(C)C)nc1NCCCn1cccn1. The molecule has 0 saturated carbocycles. The lowest BCUT2D eigenvalue weighted by Crippen LogP contribution is -2.12. The Labute approximate surface area is 119 Å². The van der Waals surface area contributed by atoms with E-state index in [1.807, 2.05) is 23.9 Å². The fourth-order valence-corrected chi connectivity index (χ4v) is 1.86. The van der Waals surface area contributed by atoms with Crippen LogP contribution in [0.2, 0.25) is 0 Å². The van der Waals surface area contributed by atoms with Gasteiger partial charge in [-0.05, 0) is 19.4 Å². The van der Waals surface area contributed by atoms with E-state index >= 15 is 0 Å². The molecule has 3 N–H and O–H groups in total. The number of aromatic nitrogens is 4. The zero-order valence-corrected chi connectivity index (χ0v) is 12.3. The molecule has 2 rings (SSSR count). The zero-order valence-electron chi connectivity index (χ0n) is 12.3. The van der Waals surface area contributed by atoms with Crippen LogP contribution in [0.5, 0.6) is 0 Å². The second-order valence-electron chi connectivity index (χ2n) is 5.14. The van der Waals surface area contributed by atoms with Gasteiger partial charge in [0.1, 0.15) is 17.5 Å². The summed E-state index contributed by atoms with van der Waals surface area (Å²) in [7, 11) is 0. The molecule has 0 radical (unpaired) electrons. The van der Waals surface area contributed by atoms with E-state index in [1.54, 1.807) is 6.20 Å². The Kier molecular flexibility index (Phi) is 4.55. The summed E-state index contributed by atoms with van der Waals surface area (Å²) in [6.07, 6.45) is 4.73. The Bertz CT molecular complexity index is 547. The first-order valence-electron chi connectivity index (χ1n) is 6.93. The van der Waals surface area contributed by atoms with E-state index in [2.05, 4.69) is 34.2 Å². The number of rotatable bonds is 6. The fraction of sp³-hybridized carbons (Fsp3) is 0.500. The van der Waals surface area contributed by atoms with Gasteiger partial charge >= 0.3 is 0 Å². The molecule has 6 heteroatoms. The van der Waals surface area contributed by atoms with Crippen LogP contribution in [-0.2, 0) is 6.54 Å². The summed E-state index contributed by atoms with van der Waals surface area (Å²) in [6, 6.07) is 1.93. The summed E-state index contributed by atoms with van der Waals surface area (Å²) in [5, 5.41) is 7.51. The second-order valence-corrected chi connectivity index (χ2v) is 5.14. The molecule has 0 bridgehead atoms. The van der Waals surface area contributed by atoms with Gasteiger partial charge in [0.2, 0.25) is 0 Å². The van der Waals surface area contributed by atoms with Gasteiger partial charge in [0.15, 0.2) is 0 Å².